The number of nitrogens with zero attached hydrogens (tertiary/aromatic N) is 3. The first-order valence-corrected chi connectivity index (χ1v) is 9.27. The maximum absolute atomic E-state index is 13.3. The van der Waals surface area contributed by atoms with Crippen molar-refractivity contribution in [3.8, 4) is 0 Å². The fourth-order valence-electron chi connectivity index (χ4n) is 5.01. The quantitative estimate of drug-likeness (QED) is 0.862. The Morgan fingerprint density at radius 1 is 1.08 bits per heavy atom. The molecule has 0 radical (unpaired) electrons. The molecule has 1 aromatic carbocycles. The van der Waals surface area contributed by atoms with Gasteiger partial charge in [0.15, 0.2) is 5.78 Å². The Morgan fingerprint density at radius 3 is 2.68 bits per heavy atom. The number of fused-ring (bicyclic) bond motifs is 3. The topological polar surface area (TPSA) is 59.8 Å². The molecule has 2 aliphatic carbocycles. The maximum Gasteiger partial charge on any atom is 0.226 e. The predicted octanol–water partition coefficient (Wildman–Crippen LogP) is 3.76. The van der Waals surface area contributed by atoms with Gasteiger partial charge in [-0.25, -0.2) is 4.68 Å². The van der Waals surface area contributed by atoms with Crippen LogP contribution in [0.4, 0.5) is 5.95 Å². The first-order chi connectivity index (χ1) is 12.3. The van der Waals surface area contributed by atoms with E-state index in [2.05, 4.69) is 39.7 Å². The Morgan fingerprint density at radius 2 is 1.88 bits per heavy atom. The van der Waals surface area contributed by atoms with Crippen molar-refractivity contribution in [3.05, 3.63) is 53.5 Å². The summed E-state index contributed by atoms with van der Waals surface area (Å²) in [5.74, 6) is 1.32. The molecule has 2 heterocycles. The van der Waals surface area contributed by atoms with Gasteiger partial charge < -0.3 is 5.32 Å². The average molecular weight is 334 g/mol. The molecule has 1 aromatic heterocycles. The Balaban J connectivity index is 1.60. The van der Waals surface area contributed by atoms with E-state index < -0.39 is 0 Å². The molecule has 1 aliphatic heterocycles. The zero-order chi connectivity index (χ0) is 16.9. The van der Waals surface area contributed by atoms with Crippen molar-refractivity contribution >= 4 is 11.7 Å². The average Bonchev–Trinajstić information content (AvgIpc) is 3.12. The number of carbonyl (C=O) groups is 1. The Hall–Kier alpha value is -2.43. The molecule has 0 saturated heterocycles. The highest BCUT2D eigenvalue weighted by molar-refractivity contribution is 6.00. The van der Waals surface area contributed by atoms with Crippen LogP contribution in [-0.4, -0.2) is 20.5 Å². The summed E-state index contributed by atoms with van der Waals surface area (Å²) in [7, 11) is 0. The number of nitrogens with one attached hydrogen (secondary N) is 1. The van der Waals surface area contributed by atoms with Crippen LogP contribution in [0.1, 0.15) is 56.4 Å². The lowest BCUT2D eigenvalue weighted by Gasteiger charge is -2.45. The van der Waals surface area contributed by atoms with E-state index in [1.165, 1.54) is 12.0 Å². The molecule has 25 heavy (non-hydrogen) atoms. The Kier molecular flexibility index (Phi) is 3.30. The van der Waals surface area contributed by atoms with Crippen LogP contribution in [0, 0.1) is 0 Å². The minimum Gasteiger partial charge on any atom is -0.328 e. The Bertz CT molecular complexity index is 846. The minimum atomic E-state index is -0.274. The van der Waals surface area contributed by atoms with Gasteiger partial charge in [-0.3, -0.25) is 4.79 Å². The molecular weight excluding hydrogens is 312 g/mol. The third-order valence-electron chi connectivity index (χ3n) is 6.10. The van der Waals surface area contributed by atoms with Gasteiger partial charge in [0.1, 0.15) is 6.33 Å². The smallest absolute Gasteiger partial charge is 0.226 e. The monoisotopic (exact) mass is 334 g/mol. The predicted molar refractivity (Wildman–Crippen MR) is 95.2 cm³/mol. The lowest BCUT2D eigenvalue weighted by atomic mass is 9.68. The summed E-state index contributed by atoms with van der Waals surface area (Å²) in [6.07, 6.45) is 8.59. The van der Waals surface area contributed by atoms with Gasteiger partial charge in [0.2, 0.25) is 5.95 Å². The van der Waals surface area contributed by atoms with Crippen molar-refractivity contribution in [3.63, 3.8) is 0 Å². The fraction of sp³-hybridized carbons (Fsp3) is 0.450. The number of rotatable bonds is 1. The molecule has 0 amide bonds. The van der Waals surface area contributed by atoms with Crippen molar-refractivity contribution < 1.29 is 4.79 Å². The summed E-state index contributed by atoms with van der Waals surface area (Å²) >= 11 is 0. The first kappa shape index (κ1) is 14.9. The van der Waals surface area contributed by atoms with Crippen LogP contribution >= 0.6 is 0 Å². The number of anilines is 1. The first-order valence-electron chi connectivity index (χ1n) is 9.27. The van der Waals surface area contributed by atoms with Crippen molar-refractivity contribution in [1.29, 1.82) is 0 Å². The van der Waals surface area contributed by atoms with Gasteiger partial charge in [0.25, 0.3) is 0 Å². The zero-order valence-electron chi connectivity index (χ0n) is 14.2. The van der Waals surface area contributed by atoms with Crippen molar-refractivity contribution in [1.82, 2.24) is 14.8 Å². The lowest BCUT2D eigenvalue weighted by Crippen LogP contribution is -2.47. The van der Waals surface area contributed by atoms with E-state index in [-0.39, 0.29) is 17.2 Å². The number of hydrogen-bond acceptors (Lipinski definition) is 4. The molecule has 1 saturated carbocycles. The maximum atomic E-state index is 13.3. The van der Waals surface area contributed by atoms with E-state index in [9.17, 15) is 4.79 Å². The number of Topliss-reactive ketones (excluding diaryl/α,β-unsaturated/α-hetero) is 1. The normalized spacial score (nSPS) is 24.6. The second-order valence-corrected chi connectivity index (χ2v) is 7.51. The summed E-state index contributed by atoms with van der Waals surface area (Å²) in [4.78, 5) is 17.7. The second kappa shape index (κ2) is 5.55. The van der Waals surface area contributed by atoms with E-state index in [1.54, 1.807) is 6.33 Å². The van der Waals surface area contributed by atoms with Gasteiger partial charge in [0.05, 0.1) is 5.54 Å². The molecule has 1 spiro atoms. The van der Waals surface area contributed by atoms with Crippen LogP contribution in [0.5, 0.6) is 0 Å². The van der Waals surface area contributed by atoms with Gasteiger partial charge >= 0.3 is 0 Å². The molecule has 2 aromatic rings. The van der Waals surface area contributed by atoms with Crippen molar-refractivity contribution in [2.45, 2.75) is 56.4 Å². The summed E-state index contributed by atoms with van der Waals surface area (Å²) < 4.78 is 1.99. The molecule has 5 nitrogen and oxygen atoms in total. The molecule has 5 rings (SSSR count). The number of benzene rings is 1. The highest BCUT2D eigenvalue weighted by atomic mass is 16.1. The number of ketones is 1. The highest BCUT2D eigenvalue weighted by Crippen LogP contribution is 2.50. The van der Waals surface area contributed by atoms with Gasteiger partial charge in [-0.1, -0.05) is 49.6 Å². The van der Waals surface area contributed by atoms with E-state index in [0.29, 0.717) is 6.42 Å². The highest BCUT2D eigenvalue weighted by Gasteiger charge is 2.49. The number of aromatic nitrogens is 3. The molecule has 128 valence electrons. The number of hydrogen-bond donors (Lipinski definition) is 1. The molecule has 5 heteroatoms. The van der Waals surface area contributed by atoms with Crippen LogP contribution < -0.4 is 5.32 Å². The molecular formula is C20H22N4O. The third-order valence-corrected chi connectivity index (χ3v) is 6.10. The lowest BCUT2D eigenvalue weighted by molar-refractivity contribution is -0.117. The van der Waals surface area contributed by atoms with Crippen LogP contribution in [0.25, 0.3) is 0 Å². The van der Waals surface area contributed by atoms with Gasteiger partial charge in [-0.15, -0.1) is 0 Å². The second-order valence-electron chi connectivity index (χ2n) is 7.51. The van der Waals surface area contributed by atoms with Crippen molar-refractivity contribution in [2.24, 2.45) is 0 Å². The van der Waals surface area contributed by atoms with Gasteiger partial charge in [-0.2, -0.15) is 10.1 Å². The zero-order valence-corrected chi connectivity index (χ0v) is 14.2. The summed E-state index contributed by atoms with van der Waals surface area (Å²) in [5.41, 5.74) is 3.03. The van der Waals surface area contributed by atoms with Crippen LogP contribution in [0.3, 0.4) is 0 Å². The van der Waals surface area contributed by atoms with Crippen LogP contribution in [0.15, 0.2) is 47.9 Å². The summed E-state index contributed by atoms with van der Waals surface area (Å²) in [5, 5.41) is 7.92. The fourth-order valence-corrected chi connectivity index (χ4v) is 5.01. The van der Waals surface area contributed by atoms with Gasteiger partial charge in [-0.05, 0) is 30.7 Å². The largest absolute Gasteiger partial charge is 0.328 e. The Labute approximate surface area is 147 Å². The number of carbonyl (C=O) groups excluding carboxylic acids is 1. The van der Waals surface area contributed by atoms with Crippen LogP contribution in [0.2, 0.25) is 0 Å². The van der Waals surface area contributed by atoms with Crippen LogP contribution in [-0.2, 0) is 10.3 Å². The molecule has 0 bridgehead atoms. The molecule has 1 unspecified atom stereocenters. The van der Waals surface area contributed by atoms with E-state index >= 15 is 0 Å². The summed E-state index contributed by atoms with van der Waals surface area (Å²) in [6, 6.07) is 10.4. The number of allylic oxidation sites excluding steroid dienone is 2. The summed E-state index contributed by atoms with van der Waals surface area (Å²) in [6.45, 7) is 0. The standard InChI is InChI=1S/C20H22N4O/c25-17-12-15(14-7-3-1-4-8-14)11-16-18(17)20(9-5-2-6-10-20)24-19(23-16)21-13-22-24/h1,3-4,7-8,13,15H,2,5-6,9-12H2,(H,21,22,23). The molecule has 3 aliphatic rings. The van der Waals surface area contributed by atoms with Gasteiger partial charge in [0, 0.05) is 17.7 Å². The molecule has 1 atom stereocenters. The van der Waals surface area contributed by atoms with E-state index in [0.717, 1.165) is 49.3 Å². The SMILES string of the molecule is O=C1CC(c2ccccc2)CC2=C1C1(CCCCC1)n1ncnc1N2. The molecule has 1 N–H and O–H groups in total. The van der Waals surface area contributed by atoms with Crippen molar-refractivity contribution in [2.75, 3.05) is 5.32 Å². The third kappa shape index (κ3) is 2.18. The van der Waals surface area contributed by atoms with E-state index in [1.807, 2.05) is 10.7 Å². The minimum absolute atomic E-state index is 0.245. The van der Waals surface area contributed by atoms with E-state index in [4.69, 9.17) is 0 Å². The molecule has 1 fully saturated rings.